The van der Waals surface area contributed by atoms with Gasteiger partial charge in [-0.2, -0.15) is 4.57 Å². The van der Waals surface area contributed by atoms with Gasteiger partial charge in [-0.25, -0.2) is 0 Å². The van der Waals surface area contributed by atoms with Crippen LogP contribution in [0.5, 0.6) is 0 Å². The van der Waals surface area contributed by atoms with Crippen LogP contribution >= 0.6 is 11.3 Å². The van der Waals surface area contributed by atoms with Crippen LogP contribution in [-0.4, -0.2) is 14.0 Å². The maximum atomic E-state index is 8.83. The van der Waals surface area contributed by atoms with Gasteiger partial charge < -0.3 is 0 Å². The third-order valence-corrected chi connectivity index (χ3v) is 4.56. The fourth-order valence-electron chi connectivity index (χ4n) is 2.76. The second kappa shape index (κ2) is 6.01. The molecule has 23 heavy (non-hydrogen) atoms. The maximum absolute atomic E-state index is 8.83. The molecule has 2 heterocycles. The van der Waals surface area contributed by atoms with Crippen molar-refractivity contribution in [2.45, 2.75) is 0 Å². The molecule has 0 atom stereocenters. The van der Waals surface area contributed by atoms with Crippen LogP contribution in [0.1, 0.15) is 0 Å². The van der Waals surface area contributed by atoms with Gasteiger partial charge in [0.1, 0.15) is 7.05 Å². The molecule has 120 valence electrons. The number of para-hydroxylation sites is 1. The van der Waals surface area contributed by atoms with E-state index < -0.39 is 10.2 Å². The Balaban J connectivity index is 0.000000276. The van der Waals surface area contributed by atoms with Crippen molar-refractivity contribution in [1.82, 2.24) is 0 Å². The van der Waals surface area contributed by atoms with E-state index in [2.05, 4.69) is 65.5 Å². The third-order valence-electron chi connectivity index (χ3n) is 3.59. The molecule has 0 unspecified atom stereocenters. The summed E-state index contributed by atoms with van der Waals surface area (Å²) in [6.07, 6.45) is 0. The van der Waals surface area contributed by atoms with E-state index in [-0.39, 0.29) is 0 Å². The molecule has 0 radical (unpaired) electrons. The van der Waals surface area contributed by atoms with E-state index in [1.807, 2.05) is 11.3 Å². The first-order valence-electron chi connectivity index (χ1n) is 6.69. The van der Waals surface area contributed by atoms with Gasteiger partial charge in [-0.3, -0.25) is 0 Å². The Bertz CT molecular complexity index is 942. The summed E-state index contributed by atoms with van der Waals surface area (Å²) >= 11 is 1.82. The number of nitrogens with zero attached hydrogens (tertiary/aromatic N) is 1. The molecular weight excluding hydrogens is 338 g/mol. The zero-order valence-electron chi connectivity index (χ0n) is 12.2. The summed E-state index contributed by atoms with van der Waals surface area (Å²) in [6.45, 7) is 0. The summed E-state index contributed by atoms with van der Waals surface area (Å²) in [7, 11) is -2.04. The predicted octanol–water partition coefficient (Wildman–Crippen LogP) is 1.12. The normalized spacial score (nSPS) is 12.4. The van der Waals surface area contributed by atoms with Crippen molar-refractivity contribution >= 4 is 32.3 Å². The molecule has 0 fully saturated rings. The monoisotopic (exact) mass is 352 g/mol. The van der Waals surface area contributed by atoms with Gasteiger partial charge in [-0.15, -0.1) is 11.3 Å². The first-order chi connectivity index (χ1) is 10.9. The fourth-order valence-corrected chi connectivity index (χ4v) is 3.69. The Labute approximate surface area is 138 Å². The molecule has 2 aromatic rings. The van der Waals surface area contributed by atoms with Crippen molar-refractivity contribution in [2.24, 2.45) is 7.05 Å². The molecular formula is C16H15ClNO4S+. The van der Waals surface area contributed by atoms with Crippen LogP contribution in [0.4, 0.5) is 0 Å². The zero-order valence-corrected chi connectivity index (χ0v) is 13.8. The third kappa shape index (κ3) is 3.28. The Hall–Kier alpha value is -1.80. The molecule has 7 heteroatoms. The number of benzene rings is 2. The van der Waals surface area contributed by atoms with E-state index in [0.29, 0.717) is 0 Å². The SMILES string of the molecule is C[n+]1c2c3ccccc3scc-2c2ccccc21.[O-][Cl+](O)(O)O. The van der Waals surface area contributed by atoms with Crippen molar-refractivity contribution < 1.29 is 33.4 Å². The average Bonchev–Trinajstić information content (AvgIpc) is 2.80. The second-order valence-electron chi connectivity index (χ2n) is 5.00. The summed E-state index contributed by atoms with van der Waals surface area (Å²) < 4.78 is 33.9. The Kier molecular flexibility index (Phi) is 4.20. The van der Waals surface area contributed by atoms with E-state index >= 15 is 0 Å². The number of hydrogen-bond donors (Lipinski definition) is 3. The Morgan fingerprint density at radius 1 is 0.957 bits per heavy atom. The van der Waals surface area contributed by atoms with Crippen LogP contribution in [0.25, 0.3) is 32.2 Å². The van der Waals surface area contributed by atoms with E-state index in [0.717, 1.165) is 0 Å². The van der Waals surface area contributed by atoms with E-state index in [1.165, 1.54) is 32.2 Å². The van der Waals surface area contributed by atoms with Crippen molar-refractivity contribution in [3.63, 3.8) is 0 Å². The number of rotatable bonds is 0. The van der Waals surface area contributed by atoms with Crippen molar-refractivity contribution in [3.8, 4) is 11.3 Å². The molecule has 0 spiro atoms. The molecule has 4 rings (SSSR count). The number of fused-ring (bicyclic) bond motifs is 5. The minimum atomic E-state index is -4.19. The first kappa shape index (κ1) is 16.1. The molecule has 3 N–H and O–H groups in total. The van der Waals surface area contributed by atoms with Gasteiger partial charge in [-0.05, 0) is 18.2 Å². The van der Waals surface area contributed by atoms with Crippen LogP contribution < -0.4 is 9.23 Å². The molecule has 0 aliphatic carbocycles. The quantitative estimate of drug-likeness (QED) is 0.414. The standard InChI is InChI=1S/C16H12NS.ClH3O4/c1-17-14-8-4-2-6-11(14)13-10-18-15-9-5-3-7-12(15)16(13)17;2-1(3,4)5/h2-10H,1H3;2-4H/q+1;. The predicted molar refractivity (Wildman–Crippen MR) is 83.8 cm³/mol. The molecule has 2 aromatic carbocycles. The second-order valence-corrected chi connectivity index (χ2v) is 6.78. The minimum absolute atomic E-state index is 1.30. The van der Waals surface area contributed by atoms with Gasteiger partial charge >= 0.3 is 28.9 Å². The van der Waals surface area contributed by atoms with Gasteiger partial charge in [0.2, 0.25) is 11.2 Å². The van der Waals surface area contributed by atoms with Crippen LogP contribution in [-0.2, 0) is 7.05 Å². The summed E-state index contributed by atoms with van der Waals surface area (Å²) in [5.74, 6) is 0. The average molecular weight is 353 g/mol. The van der Waals surface area contributed by atoms with Gasteiger partial charge in [0.05, 0.1) is 16.3 Å². The Morgan fingerprint density at radius 3 is 2.22 bits per heavy atom. The van der Waals surface area contributed by atoms with Crippen LogP contribution in [0.2, 0.25) is 0 Å². The molecule has 0 bridgehead atoms. The number of hydrogen-bond acceptors (Lipinski definition) is 5. The summed E-state index contributed by atoms with van der Waals surface area (Å²) in [6, 6.07) is 17.2. The van der Waals surface area contributed by atoms with Crippen LogP contribution in [0.3, 0.4) is 0 Å². The number of aromatic nitrogens is 1. The van der Waals surface area contributed by atoms with Crippen LogP contribution in [0, 0.1) is 10.2 Å². The summed E-state index contributed by atoms with van der Waals surface area (Å²) in [4.78, 5) is 0. The van der Waals surface area contributed by atoms with Gasteiger partial charge in [0, 0.05) is 16.1 Å². The van der Waals surface area contributed by atoms with E-state index in [1.54, 1.807) is 0 Å². The van der Waals surface area contributed by atoms with Crippen molar-refractivity contribution in [2.75, 3.05) is 0 Å². The molecule has 2 aliphatic rings. The Morgan fingerprint density at radius 2 is 1.52 bits per heavy atom. The molecule has 0 saturated heterocycles. The molecule has 0 saturated carbocycles. The van der Waals surface area contributed by atoms with Gasteiger partial charge in [0.25, 0.3) is 0 Å². The summed E-state index contributed by atoms with van der Waals surface area (Å²) in [5.41, 5.74) is 4.00. The fraction of sp³-hybridized carbons (Fsp3) is 0.0625. The molecule has 5 nitrogen and oxygen atoms in total. The molecule has 0 amide bonds. The van der Waals surface area contributed by atoms with Crippen LogP contribution in [0.15, 0.2) is 53.9 Å². The first-order valence-corrected chi connectivity index (χ1v) is 8.89. The van der Waals surface area contributed by atoms with E-state index in [4.69, 9.17) is 18.6 Å². The topological polar surface area (TPSA) is 87.6 Å². The summed E-state index contributed by atoms with van der Waals surface area (Å²) in [5, 5.41) is 4.97. The number of aryl methyl sites for hydroxylation is 1. The molecule has 0 aromatic heterocycles. The number of halogens is 1. The van der Waals surface area contributed by atoms with Crippen molar-refractivity contribution in [1.29, 1.82) is 0 Å². The zero-order chi connectivity index (χ0) is 16.6. The van der Waals surface area contributed by atoms with Crippen molar-refractivity contribution in [3.05, 3.63) is 53.9 Å². The molecule has 2 aliphatic heterocycles. The van der Waals surface area contributed by atoms with E-state index in [9.17, 15) is 0 Å². The van der Waals surface area contributed by atoms with Gasteiger partial charge in [0.15, 0.2) is 0 Å². The van der Waals surface area contributed by atoms with Gasteiger partial charge in [-0.1, -0.05) is 24.3 Å².